The summed E-state index contributed by atoms with van der Waals surface area (Å²) in [5.41, 5.74) is 0.458. The normalized spacial score (nSPS) is 12.4. The highest BCUT2D eigenvalue weighted by atomic mass is 32.2. The van der Waals surface area contributed by atoms with Crippen LogP contribution in [0.3, 0.4) is 0 Å². The summed E-state index contributed by atoms with van der Waals surface area (Å²) < 4.78 is 54.1. The second kappa shape index (κ2) is 9.64. The molecule has 174 valence electrons. The van der Waals surface area contributed by atoms with Crippen LogP contribution in [0.2, 0.25) is 0 Å². The Balaban J connectivity index is 1.60. The van der Waals surface area contributed by atoms with E-state index in [2.05, 4.69) is 20.5 Å². The molecule has 0 radical (unpaired) electrons. The predicted octanol–water partition coefficient (Wildman–Crippen LogP) is 5.61. The van der Waals surface area contributed by atoms with Gasteiger partial charge in [0, 0.05) is 29.3 Å². The summed E-state index contributed by atoms with van der Waals surface area (Å²) in [4.78, 5) is 16.7. The number of anilines is 1. The zero-order valence-electron chi connectivity index (χ0n) is 17.6. The Morgan fingerprint density at radius 1 is 1.03 bits per heavy atom. The highest BCUT2D eigenvalue weighted by Gasteiger charge is 2.30. The lowest BCUT2D eigenvalue weighted by molar-refractivity contribution is -0.137. The standard InChI is InChI=1S/C23H17F4N5OS/c1-14(21(33)29-18-4-2-3-16(13-18)23(25,26)27)34-22-31-30-20(15-9-11-28-12-10-15)32(22)19-7-5-17(24)6-8-19/h2-14H,1H3,(H,29,33). The number of nitrogens with one attached hydrogen (secondary N) is 1. The van der Waals surface area contributed by atoms with E-state index in [9.17, 15) is 22.4 Å². The topological polar surface area (TPSA) is 72.7 Å². The van der Waals surface area contributed by atoms with Crippen LogP contribution in [0.5, 0.6) is 0 Å². The molecule has 6 nitrogen and oxygen atoms in total. The quantitative estimate of drug-likeness (QED) is 0.283. The Bertz CT molecular complexity index is 1290. The molecule has 2 heterocycles. The maximum absolute atomic E-state index is 13.5. The Hall–Kier alpha value is -3.73. The third-order valence-electron chi connectivity index (χ3n) is 4.77. The molecule has 2 aromatic heterocycles. The number of benzene rings is 2. The molecule has 2 aromatic carbocycles. The molecule has 1 amide bonds. The number of thioether (sulfide) groups is 1. The highest BCUT2D eigenvalue weighted by Crippen LogP contribution is 2.32. The van der Waals surface area contributed by atoms with Crippen LogP contribution in [0.25, 0.3) is 17.1 Å². The molecule has 0 fully saturated rings. The second-order valence-electron chi connectivity index (χ2n) is 7.18. The number of hydrogen-bond donors (Lipinski definition) is 1. The molecule has 34 heavy (non-hydrogen) atoms. The van der Waals surface area contributed by atoms with Crippen LogP contribution in [0.1, 0.15) is 12.5 Å². The molecule has 1 N–H and O–H groups in total. The van der Waals surface area contributed by atoms with Gasteiger partial charge in [0.05, 0.1) is 10.8 Å². The lowest BCUT2D eigenvalue weighted by Gasteiger charge is -2.15. The molecule has 0 bridgehead atoms. The lowest BCUT2D eigenvalue weighted by atomic mass is 10.2. The fourth-order valence-electron chi connectivity index (χ4n) is 3.09. The predicted molar refractivity (Wildman–Crippen MR) is 120 cm³/mol. The van der Waals surface area contributed by atoms with Crippen LogP contribution in [0.4, 0.5) is 23.2 Å². The SMILES string of the molecule is CC(Sc1nnc(-c2ccncc2)n1-c1ccc(F)cc1)C(=O)Nc1cccc(C(F)(F)F)c1. The van der Waals surface area contributed by atoms with Crippen molar-refractivity contribution in [1.29, 1.82) is 0 Å². The average Bonchev–Trinajstić information content (AvgIpc) is 3.23. The zero-order valence-corrected chi connectivity index (χ0v) is 18.4. The molecule has 0 aliphatic heterocycles. The van der Waals surface area contributed by atoms with Crippen molar-refractivity contribution in [2.45, 2.75) is 23.5 Å². The van der Waals surface area contributed by atoms with Gasteiger partial charge in [0.2, 0.25) is 5.91 Å². The monoisotopic (exact) mass is 487 g/mol. The Kier molecular flexibility index (Phi) is 6.64. The van der Waals surface area contributed by atoms with E-state index in [-0.39, 0.29) is 5.69 Å². The molecule has 4 rings (SSSR count). The molecule has 1 atom stereocenters. The number of aromatic nitrogens is 4. The number of amides is 1. The minimum atomic E-state index is -4.52. The first-order chi connectivity index (χ1) is 16.2. The molecule has 11 heteroatoms. The van der Waals surface area contributed by atoms with E-state index in [0.717, 1.165) is 23.9 Å². The van der Waals surface area contributed by atoms with Crippen LogP contribution >= 0.6 is 11.8 Å². The van der Waals surface area contributed by atoms with Gasteiger partial charge in [-0.25, -0.2) is 4.39 Å². The highest BCUT2D eigenvalue weighted by molar-refractivity contribution is 8.00. The van der Waals surface area contributed by atoms with Gasteiger partial charge in [-0.1, -0.05) is 17.8 Å². The van der Waals surface area contributed by atoms with Gasteiger partial charge in [-0.3, -0.25) is 14.3 Å². The van der Waals surface area contributed by atoms with Crippen molar-refractivity contribution < 1.29 is 22.4 Å². The summed E-state index contributed by atoms with van der Waals surface area (Å²) in [6, 6.07) is 13.6. The van der Waals surface area contributed by atoms with Crippen LogP contribution in [0.15, 0.2) is 78.2 Å². The maximum Gasteiger partial charge on any atom is 0.416 e. The van der Waals surface area contributed by atoms with Crippen molar-refractivity contribution in [2.24, 2.45) is 0 Å². The van der Waals surface area contributed by atoms with Crippen molar-refractivity contribution in [3.05, 3.63) is 84.4 Å². The molecule has 0 aliphatic carbocycles. The van der Waals surface area contributed by atoms with Crippen molar-refractivity contribution in [3.63, 3.8) is 0 Å². The molecular formula is C23H17F4N5OS. The average molecular weight is 487 g/mol. The number of hydrogen-bond acceptors (Lipinski definition) is 5. The number of carbonyl (C=O) groups is 1. The van der Waals surface area contributed by atoms with Crippen LogP contribution in [-0.4, -0.2) is 30.9 Å². The molecule has 0 spiro atoms. The minimum absolute atomic E-state index is 0.0322. The Morgan fingerprint density at radius 2 is 1.74 bits per heavy atom. The molecule has 0 saturated heterocycles. The summed E-state index contributed by atoms with van der Waals surface area (Å²) in [6.45, 7) is 1.60. The number of nitrogens with zero attached hydrogens (tertiary/aromatic N) is 4. The Morgan fingerprint density at radius 3 is 2.41 bits per heavy atom. The van der Waals surface area contributed by atoms with E-state index in [4.69, 9.17) is 0 Å². The third kappa shape index (κ3) is 5.25. The van der Waals surface area contributed by atoms with Gasteiger partial charge in [0.1, 0.15) is 5.82 Å². The molecular weight excluding hydrogens is 470 g/mol. The van der Waals surface area contributed by atoms with Gasteiger partial charge in [-0.15, -0.1) is 10.2 Å². The van der Waals surface area contributed by atoms with Gasteiger partial charge >= 0.3 is 6.18 Å². The van der Waals surface area contributed by atoms with E-state index in [1.807, 2.05) is 0 Å². The number of carbonyl (C=O) groups excluding carboxylic acids is 1. The van der Waals surface area contributed by atoms with E-state index in [0.29, 0.717) is 22.2 Å². The van der Waals surface area contributed by atoms with Gasteiger partial charge in [0.25, 0.3) is 0 Å². The lowest BCUT2D eigenvalue weighted by Crippen LogP contribution is -2.23. The molecule has 4 aromatic rings. The Labute approximate surface area is 196 Å². The zero-order chi connectivity index (χ0) is 24.3. The smallest absolute Gasteiger partial charge is 0.325 e. The summed E-state index contributed by atoms with van der Waals surface area (Å²) in [6.07, 6.45) is -1.33. The molecule has 1 unspecified atom stereocenters. The summed E-state index contributed by atoms with van der Waals surface area (Å²) in [5, 5.41) is 10.6. The summed E-state index contributed by atoms with van der Waals surface area (Å²) >= 11 is 1.07. The number of alkyl halides is 3. The van der Waals surface area contributed by atoms with Crippen LogP contribution in [-0.2, 0) is 11.0 Å². The number of rotatable bonds is 6. The van der Waals surface area contributed by atoms with Gasteiger partial charge in [-0.2, -0.15) is 13.2 Å². The maximum atomic E-state index is 13.5. The summed E-state index contributed by atoms with van der Waals surface area (Å²) in [7, 11) is 0. The fourth-order valence-corrected chi connectivity index (χ4v) is 3.95. The number of pyridine rings is 1. The number of halogens is 4. The van der Waals surface area contributed by atoms with E-state index < -0.39 is 28.7 Å². The van der Waals surface area contributed by atoms with E-state index in [1.165, 1.54) is 24.3 Å². The van der Waals surface area contributed by atoms with Crippen LogP contribution in [0, 0.1) is 5.82 Å². The van der Waals surface area contributed by atoms with Crippen molar-refractivity contribution in [2.75, 3.05) is 5.32 Å². The van der Waals surface area contributed by atoms with Crippen LogP contribution < -0.4 is 5.32 Å². The van der Waals surface area contributed by atoms with E-state index in [1.54, 1.807) is 48.1 Å². The largest absolute Gasteiger partial charge is 0.416 e. The third-order valence-corrected chi connectivity index (χ3v) is 5.81. The van der Waals surface area contributed by atoms with Gasteiger partial charge in [0.15, 0.2) is 11.0 Å². The second-order valence-corrected chi connectivity index (χ2v) is 8.49. The first-order valence-corrected chi connectivity index (χ1v) is 10.9. The van der Waals surface area contributed by atoms with E-state index >= 15 is 0 Å². The molecule has 0 saturated carbocycles. The molecule has 0 aliphatic rings. The van der Waals surface area contributed by atoms with Gasteiger partial charge in [-0.05, 0) is 61.5 Å². The minimum Gasteiger partial charge on any atom is -0.325 e. The van der Waals surface area contributed by atoms with Gasteiger partial charge < -0.3 is 5.32 Å². The first-order valence-electron chi connectivity index (χ1n) is 9.99. The fraction of sp³-hybridized carbons (Fsp3) is 0.130. The van der Waals surface area contributed by atoms with Crippen molar-refractivity contribution >= 4 is 23.4 Å². The van der Waals surface area contributed by atoms with Crippen molar-refractivity contribution in [3.8, 4) is 17.1 Å². The summed E-state index contributed by atoms with van der Waals surface area (Å²) in [5.74, 6) is -0.462. The van der Waals surface area contributed by atoms with Crippen molar-refractivity contribution in [1.82, 2.24) is 19.7 Å². The first kappa shape index (κ1) is 23.4.